The summed E-state index contributed by atoms with van der Waals surface area (Å²) < 4.78 is 0. The quantitative estimate of drug-likeness (QED) is 0.789. The van der Waals surface area contributed by atoms with Gasteiger partial charge in [0.05, 0.1) is 0 Å². The van der Waals surface area contributed by atoms with Gasteiger partial charge in [-0.2, -0.15) is 0 Å². The summed E-state index contributed by atoms with van der Waals surface area (Å²) in [6.07, 6.45) is 1.17. The Morgan fingerprint density at radius 2 is 1.89 bits per heavy atom. The van der Waals surface area contributed by atoms with Crippen LogP contribution in [0.2, 0.25) is 0 Å². The molecule has 0 spiro atoms. The second kappa shape index (κ2) is 6.88. The maximum Gasteiger partial charge on any atom is 0.0397 e. The summed E-state index contributed by atoms with van der Waals surface area (Å²) in [6.45, 7) is 7.83. The minimum Gasteiger partial charge on any atom is -0.309 e. The summed E-state index contributed by atoms with van der Waals surface area (Å²) in [6, 6.07) is 13.5. The molecule has 2 atom stereocenters. The molecular formula is C17H23NS. The van der Waals surface area contributed by atoms with Gasteiger partial charge in [-0.25, -0.2) is 0 Å². The number of thiophene rings is 1. The molecule has 1 aromatic carbocycles. The van der Waals surface area contributed by atoms with Gasteiger partial charge in [-0.1, -0.05) is 44.2 Å². The number of hydrogen-bond donors (Lipinski definition) is 1. The van der Waals surface area contributed by atoms with Crippen LogP contribution in [0.5, 0.6) is 0 Å². The van der Waals surface area contributed by atoms with Crippen molar-refractivity contribution >= 4 is 11.3 Å². The van der Waals surface area contributed by atoms with Gasteiger partial charge < -0.3 is 5.32 Å². The molecule has 2 rings (SSSR count). The van der Waals surface area contributed by atoms with Crippen molar-refractivity contribution in [1.29, 1.82) is 0 Å². The Hall–Kier alpha value is -1.12. The van der Waals surface area contributed by atoms with Crippen molar-refractivity contribution in [1.82, 2.24) is 5.32 Å². The first-order valence-corrected chi connectivity index (χ1v) is 7.94. The molecule has 0 aliphatic carbocycles. The van der Waals surface area contributed by atoms with Crippen molar-refractivity contribution < 1.29 is 0 Å². The van der Waals surface area contributed by atoms with Crippen molar-refractivity contribution in [2.75, 3.05) is 6.54 Å². The monoisotopic (exact) mass is 273 g/mol. The fourth-order valence-electron chi connectivity index (χ4n) is 2.52. The molecule has 2 heteroatoms. The van der Waals surface area contributed by atoms with E-state index in [4.69, 9.17) is 0 Å². The maximum atomic E-state index is 3.72. The zero-order chi connectivity index (χ0) is 13.7. The second-order valence-electron chi connectivity index (χ2n) is 5.06. The average Bonchev–Trinajstić information content (AvgIpc) is 2.86. The van der Waals surface area contributed by atoms with Crippen molar-refractivity contribution in [3.8, 4) is 0 Å². The highest BCUT2D eigenvalue weighted by Crippen LogP contribution is 2.34. The zero-order valence-corrected chi connectivity index (χ0v) is 12.8. The summed E-state index contributed by atoms with van der Waals surface area (Å²) >= 11 is 1.84. The number of aryl methyl sites for hydroxylation is 1. The van der Waals surface area contributed by atoms with Gasteiger partial charge in [0, 0.05) is 16.8 Å². The molecule has 102 valence electrons. The summed E-state index contributed by atoms with van der Waals surface area (Å²) in [7, 11) is 0. The number of hydrogen-bond acceptors (Lipinski definition) is 2. The van der Waals surface area contributed by atoms with Crippen molar-refractivity contribution in [2.45, 2.75) is 39.2 Å². The van der Waals surface area contributed by atoms with Crippen LogP contribution in [0.4, 0.5) is 0 Å². The Labute approximate surface area is 120 Å². The van der Waals surface area contributed by atoms with E-state index < -0.39 is 0 Å². The molecule has 0 aliphatic heterocycles. The van der Waals surface area contributed by atoms with Gasteiger partial charge in [0.25, 0.3) is 0 Å². The lowest BCUT2D eigenvalue weighted by Crippen LogP contribution is -2.26. The zero-order valence-electron chi connectivity index (χ0n) is 12.0. The molecule has 1 N–H and O–H groups in total. The van der Waals surface area contributed by atoms with Crippen LogP contribution >= 0.6 is 11.3 Å². The predicted octanol–water partition coefficient (Wildman–Crippen LogP) is 4.90. The van der Waals surface area contributed by atoms with E-state index >= 15 is 0 Å². The standard InChI is InChI=1S/C17H23NS/c1-4-11-18-17(16-10-12-19-14(16)3)13(2)15-8-6-5-7-9-15/h5-10,12-13,17-18H,4,11H2,1-3H3. The molecule has 0 radical (unpaired) electrons. The van der Waals surface area contributed by atoms with E-state index in [1.54, 1.807) is 0 Å². The molecule has 0 amide bonds. The Morgan fingerprint density at radius 1 is 1.16 bits per heavy atom. The first-order chi connectivity index (χ1) is 9.24. The lowest BCUT2D eigenvalue weighted by molar-refractivity contribution is 0.466. The van der Waals surface area contributed by atoms with E-state index in [1.807, 2.05) is 11.3 Å². The topological polar surface area (TPSA) is 12.0 Å². The minimum absolute atomic E-state index is 0.411. The van der Waals surface area contributed by atoms with Crippen LogP contribution in [0.1, 0.15) is 48.2 Å². The molecule has 0 fully saturated rings. The van der Waals surface area contributed by atoms with Crippen molar-refractivity contribution in [3.63, 3.8) is 0 Å². The molecule has 0 saturated carbocycles. The molecule has 1 nitrogen and oxygen atoms in total. The highest BCUT2D eigenvalue weighted by molar-refractivity contribution is 7.10. The van der Waals surface area contributed by atoms with E-state index in [2.05, 4.69) is 67.9 Å². The van der Waals surface area contributed by atoms with Gasteiger partial charge in [-0.15, -0.1) is 11.3 Å². The summed E-state index contributed by atoms with van der Waals surface area (Å²) in [4.78, 5) is 1.43. The number of rotatable bonds is 6. The molecule has 1 aromatic heterocycles. The highest BCUT2D eigenvalue weighted by atomic mass is 32.1. The Balaban J connectivity index is 2.25. The van der Waals surface area contributed by atoms with Crippen molar-refractivity contribution in [3.05, 3.63) is 57.8 Å². The fourth-order valence-corrected chi connectivity index (χ4v) is 3.27. The first-order valence-electron chi connectivity index (χ1n) is 7.06. The molecule has 1 heterocycles. The maximum absolute atomic E-state index is 3.72. The van der Waals surface area contributed by atoms with Crippen LogP contribution in [0, 0.1) is 6.92 Å². The van der Waals surface area contributed by atoms with E-state index in [9.17, 15) is 0 Å². The van der Waals surface area contributed by atoms with Crippen LogP contribution in [0.3, 0.4) is 0 Å². The first kappa shape index (κ1) is 14.3. The Bertz CT molecular complexity index is 489. The lowest BCUT2D eigenvalue weighted by Gasteiger charge is -2.26. The Morgan fingerprint density at radius 3 is 2.47 bits per heavy atom. The third-order valence-corrected chi connectivity index (χ3v) is 4.54. The van der Waals surface area contributed by atoms with Crippen LogP contribution in [-0.2, 0) is 0 Å². The molecule has 2 aromatic rings. The van der Waals surface area contributed by atoms with Crippen LogP contribution in [-0.4, -0.2) is 6.54 Å². The highest BCUT2D eigenvalue weighted by Gasteiger charge is 2.22. The summed E-state index contributed by atoms with van der Waals surface area (Å²) in [5.74, 6) is 0.487. The van der Waals surface area contributed by atoms with Gasteiger partial charge >= 0.3 is 0 Å². The van der Waals surface area contributed by atoms with E-state index in [0.29, 0.717) is 12.0 Å². The van der Waals surface area contributed by atoms with Gasteiger partial charge in [-0.3, -0.25) is 0 Å². The fraction of sp³-hybridized carbons (Fsp3) is 0.412. The number of benzene rings is 1. The molecule has 0 aliphatic rings. The molecular weight excluding hydrogens is 250 g/mol. The third-order valence-electron chi connectivity index (χ3n) is 3.67. The van der Waals surface area contributed by atoms with Crippen molar-refractivity contribution in [2.24, 2.45) is 0 Å². The molecule has 19 heavy (non-hydrogen) atoms. The minimum atomic E-state index is 0.411. The third kappa shape index (κ3) is 3.46. The van der Waals surface area contributed by atoms with Gasteiger partial charge in [0.1, 0.15) is 0 Å². The number of nitrogens with one attached hydrogen (secondary N) is 1. The largest absolute Gasteiger partial charge is 0.309 e. The van der Waals surface area contributed by atoms with Crippen LogP contribution < -0.4 is 5.32 Å². The molecule has 2 unspecified atom stereocenters. The normalized spacial score (nSPS) is 14.3. The van der Waals surface area contributed by atoms with Gasteiger partial charge in [-0.05, 0) is 42.5 Å². The second-order valence-corrected chi connectivity index (χ2v) is 6.18. The van der Waals surface area contributed by atoms with Crippen LogP contribution in [0.15, 0.2) is 41.8 Å². The van der Waals surface area contributed by atoms with Gasteiger partial charge in [0.15, 0.2) is 0 Å². The smallest absolute Gasteiger partial charge is 0.0397 e. The van der Waals surface area contributed by atoms with E-state index in [-0.39, 0.29) is 0 Å². The SMILES string of the molecule is CCCNC(c1ccsc1C)C(C)c1ccccc1. The molecule has 0 saturated heterocycles. The van der Waals surface area contributed by atoms with Crippen LogP contribution in [0.25, 0.3) is 0 Å². The Kier molecular flexibility index (Phi) is 5.17. The van der Waals surface area contributed by atoms with E-state index in [1.165, 1.54) is 22.4 Å². The van der Waals surface area contributed by atoms with E-state index in [0.717, 1.165) is 6.54 Å². The predicted molar refractivity (Wildman–Crippen MR) is 84.9 cm³/mol. The van der Waals surface area contributed by atoms with Gasteiger partial charge in [0.2, 0.25) is 0 Å². The average molecular weight is 273 g/mol. The summed E-state index contributed by atoms with van der Waals surface area (Å²) in [5.41, 5.74) is 2.86. The molecule has 0 bridgehead atoms. The lowest BCUT2D eigenvalue weighted by atomic mass is 9.88. The summed E-state index contributed by atoms with van der Waals surface area (Å²) in [5, 5.41) is 5.91.